The summed E-state index contributed by atoms with van der Waals surface area (Å²) in [6.07, 6.45) is 8.72. The van der Waals surface area contributed by atoms with Gasteiger partial charge in [0.15, 0.2) is 0 Å². The molecule has 0 aromatic heterocycles. The number of urea groups is 1. The van der Waals surface area contributed by atoms with Crippen molar-refractivity contribution < 1.29 is 14.3 Å². The Kier molecular flexibility index (Phi) is 6.86. The molecule has 0 radical (unpaired) electrons. The number of fused-ring (bicyclic) bond motifs is 1. The van der Waals surface area contributed by atoms with Crippen LogP contribution in [0.1, 0.15) is 50.2 Å². The predicted octanol–water partition coefficient (Wildman–Crippen LogP) is 4.20. The molecule has 2 fully saturated rings. The molecule has 2 aliphatic carbocycles. The molecular formula is C29H39N3O3. The number of imide groups is 1. The van der Waals surface area contributed by atoms with Gasteiger partial charge in [-0.25, -0.2) is 4.79 Å². The normalized spacial score (nSPS) is 24.9. The third-order valence-corrected chi connectivity index (χ3v) is 8.80. The number of carbonyl (C=O) groups is 2. The summed E-state index contributed by atoms with van der Waals surface area (Å²) in [7, 11) is 1.65. The van der Waals surface area contributed by atoms with E-state index in [0.29, 0.717) is 31.9 Å². The van der Waals surface area contributed by atoms with Crippen LogP contribution in [-0.4, -0.2) is 78.1 Å². The minimum absolute atomic E-state index is 0.0113. The molecule has 0 N–H and O–H groups in total. The maximum Gasteiger partial charge on any atom is 0.328 e. The molecule has 1 aromatic carbocycles. The van der Waals surface area contributed by atoms with Crippen LogP contribution in [0.4, 0.5) is 4.79 Å². The lowest BCUT2D eigenvalue weighted by Gasteiger charge is -2.42. The van der Waals surface area contributed by atoms with Gasteiger partial charge in [0.1, 0.15) is 5.54 Å². The minimum atomic E-state index is -0.729. The van der Waals surface area contributed by atoms with Crippen LogP contribution in [0.3, 0.4) is 0 Å². The molecule has 0 unspecified atom stereocenters. The Hall–Kier alpha value is -2.44. The largest absolute Gasteiger partial charge is 0.383 e. The molecule has 6 heteroatoms. The molecule has 3 amide bonds. The molecule has 1 aromatic rings. The zero-order chi connectivity index (χ0) is 24.6. The van der Waals surface area contributed by atoms with Gasteiger partial charge in [0.2, 0.25) is 0 Å². The molecule has 0 bridgehead atoms. The first-order chi connectivity index (χ1) is 16.9. The fourth-order valence-corrected chi connectivity index (χ4v) is 6.60. The van der Waals surface area contributed by atoms with E-state index >= 15 is 0 Å². The average Bonchev–Trinajstić information content (AvgIpc) is 3.36. The summed E-state index contributed by atoms with van der Waals surface area (Å²) in [5.41, 5.74) is 4.58. The van der Waals surface area contributed by atoms with Crippen molar-refractivity contribution in [3.8, 4) is 0 Å². The Morgan fingerprint density at radius 3 is 2.40 bits per heavy atom. The molecule has 1 spiro atoms. The van der Waals surface area contributed by atoms with Gasteiger partial charge in [-0.3, -0.25) is 14.6 Å². The second-order valence-corrected chi connectivity index (χ2v) is 10.9. The van der Waals surface area contributed by atoms with Crippen LogP contribution < -0.4 is 0 Å². The van der Waals surface area contributed by atoms with E-state index in [-0.39, 0.29) is 18.0 Å². The van der Waals surface area contributed by atoms with Gasteiger partial charge >= 0.3 is 6.03 Å². The van der Waals surface area contributed by atoms with Gasteiger partial charge in [0.05, 0.1) is 6.61 Å². The van der Waals surface area contributed by atoms with Gasteiger partial charge in [-0.2, -0.15) is 0 Å². The van der Waals surface area contributed by atoms with Crippen molar-refractivity contribution in [1.82, 2.24) is 14.7 Å². The Balaban J connectivity index is 1.28. The summed E-state index contributed by atoms with van der Waals surface area (Å²) in [5.74, 6) is 0.629. The highest BCUT2D eigenvalue weighted by molar-refractivity contribution is 6.07. The van der Waals surface area contributed by atoms with E-state index in [0.717, 1.165) is 45.3 Å². The van der Waals surface area contributed by atoms with Crippen LogP contribution in [0.15, 0.2) is 48.1 Å². The van der Waals surface area contributed by atoms with Crippen molar-refractivity contribution in [3.05, 3.63) is 59.2 Å². The van der Waals surface area contributed by atoms with Crippen LogP contribution in [0.5, 0.6) is 0 Å². The summed E-state index contributed by atoms with van der Waals surface area (Å²) in [4.78, 5) is 33.6. The maximum atomic E-state index is 14.0. The van der Waals surface area contributed by atoms with Crippen molar-refractivity contribution in [2.45, 2.75) is 63.5 Å². The monoisotopic (exact) mass is 477 g/mol. The van der Waals surface area contributed by atoms with Crippen LogP contribution in [0.25, 0.3) is 0 Å². The lowest BCUT2D eigenvalue weighted by atomic mass is 9.83. The number of methoxy groups -OCH3 is 1. The Bertz CT molecular complexity index is 999. The Morgan fingerprint density at radius 2 is 1.83 bits per heavy atom. The Labute approximate surface area is 209 Å². The number of piperidine rings is 1. The number of rotatable bonds is 7. The third kappa shape index (κ3) is 4.47. The van der Waals surface area contributed by atoms with Crippen molar-refractivity contribution in [1.29, 1.82) is 0 Å². The minimum Gasteiger partial charge on any atom is -0.383 e. The number of ether oxygens (including phenoxy) is 1. The zero-order valence-electron chi connectivity index (χ0n) is 21.3. The molecule has 4 aliphatic rings. The van der Waals surface area contributed by atoms with Gasteiger partial charge in [-0.15, -0.1) is 0 Å². The van der Waals surface area contributed by atoms with E-state index in [1.165, 1.54) is 28.7 Å². The molecule has 2 heterocycles. The summed E-state index contributed by atoms with van der Waals surface area (Å²) in [6, 6.07) is 8.11. The molecule has 0 saturated carbocycles. The van der Waals surface area contributed by atoms with E-state index < -0.39 is 5.54 Å². The summed E-state index contributed by atoms with van der Waals surface area (Å²) in [5, 5.41) is 0. The van der Waals surface area contributed by atoms with E-state index in [1.54, 1.807) is 12.0 Å². The molecular weight excluding hydrogens is 438 g/mol. The van der Waals surface area contributed by atoms with Crippen LogP contribution in [-0.2, 0) is 22.4 Å². The van der Waals surface area contributed by atoms with Crippen LogP contribution in [0, 0.1) is 5.92 Å². The predicted molar refractivity (Wildman–Crippen MR) is 137 cm³/mol. The van der Waals surface area contributed by atoms with E-state index in [9.17, 15) is 9.59 Å². The van der Waals surface area contributed by atoms with Gasteiger partial charge in [0, 0.05) is 39.3 Å². The van der Waals surface area contributed by atoms with Gasteiger partial charge in [0.25, 0.3) is 5.91 Å². The first-order valence-electron chi connectivity index (χ1n) is 13.2. The van der Waals surface area contributed by atoms with E-state index in [4.69, 9.17) is 4.74 Å². The second kappa shape index (κ2) is 9.90. The quantitative estimate of drug-likeness (QED) is 0.436. The highest BCUT2D eigenvalue weighted by Gasteiger charge is 2.59. The number of carbonyl (C=O) groups excluding carboxylic acids is 2. The number of benzene rings is 1. The van der Waals surface area contributed by atoms with Crippen molar-refractivity contribution in [2.24, 2.45) is 5.92 Å². The first kappa shape index (κ1) is 24.3. The van der Waals surface area contributed by atoms with Gasteiger partial charge in [-0.05, 0) is 68.9 Å². The molecule has 2 aliphatic heterocycles. The molecule has 5 rings (SSSR count). The standard InChI is InChI=1S/C29H39N3O3/c1-21(2)23-10-8-22(9-11-23)20-30-14-12-29(13-15-30)27(33)32(28(34)31(29)16-17-35-3)26-18-24-6-4-5-7-25(24)19-26/h4-8,23,26H,1,9-20H2,2-3H3/t23-/m1/s1. The number of nitrogens with zero attached hydrogens (tertiary/aromatic N) is 3. The van der Waals surface area contributed by atoms with Crippen molar-refractivity contribution >= 4 is 11.9 Å². The summed E-state index contributed by atoms with van der Waals surface area (Å²) >= 11 is 0. The topological polar surface area (TPSA) is 53.1 Å². The van der Waals surface area contributed by atoms with Crippen molar-refractivity contribution in [3.63, 3.8) is 0 Å². The number of likely N-dealkylation sites (tertiary alicyclic amines) is 1. The average molecular weight is 478 g/mol. The highest BCUT2D eigenvalue weighted by atomic mass is 16.5. The van der Waals surface area contributed by atoms with Gasteiger partial charge in [-0.1, -0.05) is 48.1 Å². The smallest absolute Gasteiger partial charge is 0.328 e. The fourth-order valence-electron chi connectivity index (χ4n) is 6.60. The number of amides is 3. The molecule has 6 nitrogen and oxygen atoms in total. The number of hydrogen-bond acceptors (Lipinski definition) is 4. The third-order valence-electron chi connectivity index (χ3n) is 8.80. The van der Waals surface area contributed by atoms with Crippen LogP contribution in [0.2, 0.25) is 0 Å². The Morgan fingerprint density at radius 1 is 1.14 bits per heavy atom. The molecule has 1 atom stereocenters. The molecule has 188 valence electrons. The summed E-state index contributed by atoms with van der Waals surface area (Å²) in [6.45, 7) is 9.82. The SMILES string of the molecule is C=C(C)[C@@H]1CC=C(CN2CCC3(CC2)C(=O)N(C2Cc4ccccc4C2)C(=O)N3CCOC)CC1. The highest BCUT2D eigenvalue weighted by Crippen LogP contribution is 2.40. The number of hydrogen-bond donors (Lipinski definition) is 0. The summed E-state index contributed by atoms with van der Waals surface area (Å²) < 4.78 is 5.33. The van der Waals surface area contributed by atoms with Gasteiger partial charge < -0.3 is 9.64 Å². The van der Waals surface area contributed by atoms with E-state index in [1.807, 2.05) is 17.0 Å². The maximum absolute atomic E-state index is 14.0. The number of allylic oxidation sites excluding steroid dienone is 2. The molecule has 35 heavy (non-hydrogen) atoms. The van der Waals surface area contributed by atoms with E-state index in [2.05, 4.69) is 36.6 Å². The zero-order valence-corrected chi connectivity index (χ0v) is 21.3. The van der Waals surface area contributed by atoms with Crippen molar-refractivity contribution in [2.75, 3.05) is 39.9 Å². The lowest BCUT2D eigenvalue weighted by Crippen LogP contribution is -2.57. The second-order valence-electron chi connectivity index (χ2n) is 10.9. The van der Waals surface area contributed by atoms with Crippen LogP contribution >= 0.6 is 0 Å². The molecule has 2 saturated heterocycles. The fraction of sp³-hybridized carbons (Fsp3) is 0.586. The first-order valence-corrected chi connectivity index (χ1v) is 13.2. The lowest BCUT2D eigenvalue weighted by molar-refractivity contribution is -0.137.